The Morgan fingerprint density at radius 1 is 1.10 bits per heavy atom. The fraction of sp³-hybridized carbons (Fsp3) is 0.261. The number of aliphatic hydroxyl groups excluding tert-OH is 1. The molecular formula is C23H24N2O4S. The molecule has 6 nitrogen and oxygen atoms in total. The van der Waals surface area contributed by atoms with E-state index in [2.05, 4.69) is 10.3 Å². The number of aryl methyl sites for hydroxylation is 1. The van der Waals surface area contributed by atoms with E-state index in [1.165, 1.54) is 0 Å². The van der Waals surface area contributed by atoms with Gasteiger partial charge in [0, 0.05) is 23.9 Å². The smallest absolute Gasteiger partial charge is 0.154 e. The van der Waals surface area contributed by atoms with Crippen LogP contribution in [0.1, 0.15) is 5.01 Å². The van der Waals surface area contributed by atoms with Crippen LogP contribution in [0, 0.1) is 6.92 Å². The number of hydrogen-bond donors (Lipinski definition) is 2. The minimum atomic E-state index is -0.583. The highest BCUT2D eigenvalue weighted by atomic mass is 32.1. The summed E-state index contributed by atoms with van der Waals surface area (Å²) in [6, 6.07) is 17.2. The van der Waals surface area contributed by atoms with Crippen molar-refractivity contribution < 1.29 is 19.0 Å². The van der Waals surface area contributed by atoms with Crippen LogP contribution in [0.5, 0.6) is 11.5 Å². The van der Waals surface area contributed by atoms with Gasteiger partial charge in [-0.3, -0.25) is 0 Å². The monoisotopic (exact) mass is 424 g/mol. The predicted molar refractivity (Wildman–Crippen MR) is 118 cm³/mol. The Balaban J connectivity index is 1.20. The Morgan fingerprint density at radius 3 is 2.77 bits per heavy atom. The molecule has 0 spiro atoms. The third-order valence-electron chi connectivity index (χ3n) is 4.47. The fourth-order valence-corrected chi connectivity index (χ4v) is 3.59. The lowest BCUT2D eigenvalue weighted by molar-refractivity contribution is 0.105. The average Bonchev–Trinajstić information content (AvgIpc) is 3.38. The molecule has 0 saturated carbocycles. The van der Waals surface area contributed by atoms with Crippen molar-refractivity contribution in [1.29, 1.82) is 0 Å². The van der Waals surface area contributed by atoms with E-state index >= 15 is 0 Å². The first-order chi connectivity index (χ1) is 14.7. The molecule has 4 aromatic rings. The standard InChI is InChI=1S/C23H24N2O4S/c1-16-25-21(15-30-16)23-12-17-11-20(7-8-22(17)29-23)27-10-9-24-13-18(26)14-28-19-5-3-2-4-6-19/h2-8,11-12,15,18,24,26H,9-10,13-14H2,1H3. The van der Waals surface area contributed by atoms with Gasteiger partial charge in [-0.25, -0.2) is 4.98 Å². The third kappa shape index (κ3) is 5.38. The molecule has 0 fully saturated rings. The fourth-order valence-electron chi connectivity index (χ4n) is 2.99. The van der Waals surface area contributed by atoms with Gasteiger partial charge in [0.25, 0.3) is 0 Å². The van der Waals surface area contributed by atoms with E-state index in [9.17, 15) is 5.11 Å². The molecular weight excluding hydrogens is 400 g/mol. The van der Waals surface area contributed by atoms with E-state index in [0.29, 0.717) is 19.7 Å². The van der Waals surface area contributed by atoms with Crippen molar-refractivity contribution in [2.24, 2.45) is 0 Å². The van der Waals surface area contributed by atoms with E-state index in [4.69, 9.17) is 13.9 Å². The topological polar surface area (TPSA) is 76.8 Å². The van der Waals surface area contributed by atoms with E-state index < -0.39 is 6.10 Å². The Kier molecular flexibility index (Phi) is 6.63. The van der Waals surface area contributed by atoms with E-state index in [1.807, 2.05) is 66.9 Å². The van der Waals surface area contributed by atoms with Crippen molar-refractivity contribution in [3.05, 3.63) is 65.0 Å². The number of thiazole rings is 1. The van der Waals surface area contributed by atoms with Crippen molar-refractivity contribution in [1.82, 2.24) is 10.3 Å². The van der Waals surface area contributed by atoms with Crippen molar-refractivity contribution in [2.45, 2.75) is 13.0 Å². The Morgan fingerprint density at radius 2 is 1.97 bits per heavy atom. The van der Waals surface area contributed by atoms with Crippen LogP contribution in [-0.4, -0.2) is 42.5 Å². The second-order valence-electron chi connectivity index (χ2n) is 6.89. The first kappa shape index (κ1) is 20.4. The van der Waals surface area contributed by atoms with Gasteiger partial charge in [0.2, 0.25) is 0 Å². The molecule has 0 saturated heterocycles. The van der Waals surface area contributed by atoms with Gasteiger partial charge in [0.15, 0.2) is 5.76 Å². The largest absolute Gasteiger partial charge is 0.492 e. The molecule has 0 amide bonds. The van der Waals surface area contributed by atoms with Gasteiger partial charge in [0.05, 0.1) is 5.01 Å². The van der Waals surface area contributed by atoms with Crippen LogP contribution >= 0.6 is 11.3 Å². The Hall–Kier alpha value is -2.87. The maximum absolute atomic E-state index is 10.00. The maximum atomic E-state index is 10.00. The van der Waals surface area contributed by atoms with Gasteiger partial charge >= 0.3 is 0 Å². The summed E-state index contributed by atoms with van der Waals surface area (Å²) < 4.78 is 17.2. The Labute approximate surface area is 179 Å². The number of rotatable bonds is 10. The van der Waals surface area contributed by atoms with Gasteiger partial charge < -0.3 is 24.3 Å². The van der Waals surface area contributed by atoms with Crippen molar-refractivity contribution in [3.8, 4) is 23.0 Å². The number of benzene rings is 2. The summed E-state index contributed by atoms with van der Waals surface area (Å²) in [6.45, 7) is 3.78. The van der Waals surface area contributed by atoms with Crippen LogP contribution in [0.2, 0.25) is 0 Å². The number of furan rings is 1. The summed E-state index contributed by atoms with van der Waals surface area (Å²) in [5.41, 5.74) is 1.66. The summed E-state index contributed by atoms with van der Waals surface area (Å²) >= 11 is 1.60. The van der Waals surface area contributed by atoms with Gasteiger partial charge in [-0.15, -0.1) is 11.3 Å². The van der Waals surface area contributed by atoms with Crippen LogP contribution < -0.4 is 14.8 Å². The number of nitrogens with one attached hydrogen (secondary N) is 1. The SMILES string of the molecule is Cc1nc(-c2cc3cc(OCCNCC(O)COc4ccccc4)ccc3o2)cs1. The molecule has 2 aromatic heterocycles. The molecule has 2 heterocycles. The van der Waals surface area contributed by atoms with Gasteiger partial charge in [0.1, 0.15) is 42.1 Å². The lowest BCUT2D eigenvalue weighted by Crippen LogP contribution is -2.33. The van der Waals surface area contributed by atoms with Crippen LogP contribution in [0.3, 0.4) is 0 Å². The number of aliphatic hydroxyl groups is 1. The summed E-state index contributed by atoms with van der Waals surface area (Å²) in [5.74, 6) is 2.29. The molecule has 0 aliphatic carbocycles. The normalized spacial score (nSPS) is 12.2. The highest BCUT2D eigenvalue weighted by Gasteiger charge is 2.10. The number of ether oxygens (including phenoxy) is 2. The highest BCUT2D eigenvalue weighted by molar-refractivity contribution is 7.09. The number of nitrogens with zero attached hydrogens (tertiary/aromatic N) is 1. The number of fused-ring (bicyclic) bond motifs is 1. The molecule has 156 valence electrons. The van der Waals surface area contributed by atoms with E-state index in [1.54, 1.807) is 11.3 Å². The quantitative estimate of drug-likeness (QED) is 0.370. The van der Waals surface area contributed by atoms with Crippen LogP contribution in [0.15, 0.2) is 64.4 Å². The molecule has 2 N–H and O–H groups in total. The van der Waals surface area contributed by atoms with Crippen molar-refractivity contribution >= 4 is 22.3 Å². The molecule has 4 rings (SSSR count). The molecule has 0 bridgehead atoms. The highest BCUT2D eigenvalue weighted by Crippen LogP contribution is 2.30. The molecule has 0 radical (unpaired) electrons. The zero-order chi connectivity index (χ0) is 20.8. The summed E-state index contributed by atoms with van der Waals surface area (Å²) in [6.07, 6.45) is -0.583. The molecule has 0 aliphatic heterocycles. The summed E-state index contributed by atoms with van der Waals surface area (Å²) in [4.78, 5) is 4.47. The zero-order valence-electron chi connectivity index (χ0n) is 16.7. The summed E-state index contributed by atoms with van der Waals surface area (Å²) in [7, 11) is 0. The second kappa shape index (κ2) is 9.75. The first-order valence-corrected chi connectivity index (χ1v) is 10.7. The van der Waals surface area contributed by atoms with Crippen molar-refractivity contribution in [2.75, 3.05) is 26.3 Å². The number of aromatic nitrogens is 1. The molecule has 1 atom stereocenters. The second-order valence-corrected chi connectivity index (χ2v) is 7.95. The van der Waals surface area contributed by atoms with Gasteiger partial charge in [-0.2, -0.15) is 0 Å². The van der Waals surface area contributed by atoms with Crippen LogP contribution in [0.25, 0.3) is 22.4 Å². The first-order valence-electron chi connectivity index (χ1n) is 9.83. The lowest BCUT2D eigenvalue weighted by atomic mass is 10.2. The molecule has 30 heavy (non-hydrogen) atoms. The molecule has 1 unspecified atom stereocenters. The average molecular weight is 425 g/mol. The zero-order valence-corrected chi connectivity index (χ0v) is 17.5. The van der Waals surface area contributed by atoms with Crippen molar-refractivity contribution in [3.63, 3.8) is 0 Å². The lowest BCUT2D eigenvalue weighted by Gasteiger charge is -2.13. The Bertz CT molecular complexity index is 1080. The summed E-state index contributed by atoms with van der Waals surface area (Å²) in [5, 5.41) is 17.2. The van der Waals surface area contributed by atoms with E-state index in [0.717, 1.165) is 38.9 Å². The van der Waals surface area contributed by atoms with Gasteiger partial charge in [-0.1, -0.05) is 18.2 Å². The third-order valence-corrected chi connectivity index (χ3v) is 5.25. The predicted octanol–water partition coefficient (Wildman–Crippen LogP) is 4.27. The van der Waals surface area contributed by atoms with Crippen LogP contribution in [-0.2, 0) is 0 Å². The number of hydrogen-bond acceptors (Lipinski definition) is 7. The molecule has 7 heteroatoms. The van der Waals surface area contributed by atoms with Gasteiger partial charge in [-0.05, 0) is 43.3 Å². The molecule has 0 aliphatic rings. The minimum Gasteiger partial charge on any atom is -0.492 e. The minimum absolute atomic E-state index is 0.246. The van der Waals surface area contributed by atoms with E-state index in [-0.39, 0.29) is 6.61 Å². The van der Waals surface area contributed by atoms with Crippen LogP contribution in [0.4, 0.5) is 0 Å². The number of para-hydroxylation sites is 1. The maximum Gasteiger partial charge on any atom is 0.154 e. The molecule has 2 aromatic carbocycles.